The van der Waals surface area contributed by atoms with Crippen LogP contribution in [0.4, 0.5) is 0 Å². The fraction of sp³-hybridized carbons (Fsp3) is 0.533. The van der Waals surface area contributed by atoms with Crippen LogP contribution in [-0.2, 0) is 11.3 Å². The van der Waals surface area contributed by atoms with Crippen molar-refractivity contribution < 1.29 is 9.90 Å². The molecule has 1 N–H and O–H groups in total. The van der Waals surface area contributed by atoms with E-state index in [1.807, 2.05) is 12.1 Å². The Labute approximate surface area is 129 Å². The maximum atomic E-state index is 10.7. The van der Waals surface area contributed by atoms with Gasteiger partial charge in [-0.05, 0) is 55.5 Å². The minimum Gasteiger partial charge on any atom is -0.481 e. The van der Waals surface area contributed by atoms with E-state index in [0.717, 1.165) is 49.5 Å². The molecule has 1 aromatic carbocycles. The zero-order valence-electron chi connectivity index (χ0n) is 11.3. The van der Waals surface area contributed by atoms with E-state index in [4.69, 9.17) is 28.3 Å². The summed E-state index contributed by atoms with van der Waals surface area (Å²) >= 11 is 12.2. The van der Waals surface area contributed by atoms with Crippen LogP contribution in [0.15, 0.2) is 18.2 Å². The molecule has 1 aromatic rings. The predicted molar refractivity (Wildman–Crippen MR) is 81.3 cm³/mol. The molecule has 1 atom stereocenters. The lowest BCUT2D eigenvalue weighted by Gasteiger charge is -2.32. The minimum atomic E-state index is -0.708. The number of carboxylic acids is 1. The molecule has 0 radical (unpaired) electrons. The lowest BCUT2D eigenvalue weighted by molar-refractivity contribution is -0.137. The van der Waals surface area contributed by atoms with Gasteiger partial charge < -0.3 is 5.11 Å². The third kappa shape index (κ3) is 4.65. The first kappa shape index (κ1) is 15.6. The van der Waals surface area contributed by atoms with E-state index in [1.54, 1.807) is 6.07 Å². The summed E-state index contributed by atoms with van der Waals surface area (Å²) in [5.74, 6) is -0.238. The highest BCUT2D eigenvalue weighted by Crippen LogP contribution is 2.26. The summed E-state index contributed by atoms with van der Waals surface area (Å²) < 4.78 is 0. The van der Waals surface area contributed by atoms with Gasteiger partial charge in [0.05, 0.1) is 0 Å². The first-order valence-corrected chi connectivity index (χ1v) is 7.68. The highest BCUT2D eigenvalue weighted by Gasteiger charge is 2.21. The third-order valence-corrected chi connectivity index (χ3v) is 4.38. The van der Waals surface area contributed by atoms with Crippen LogP contribution in [0, 0.1) is 5.92 Å². The number of hydrogen-bond donors (Lipinski definition) is 1. The number of carbonyl (C=O) groups is 1. The number of rotatable bonds is 5. The Hall–Kier alpha value is -0.770. The number of aliphatic carboxylic acids is 1. The lowest BCUT2D eigenvalue weighted by atomic mass is 9.93. The Morgan fingerprint density at radius 1 is 1.40 bits per heavy atom. The second kappa shape index (κ2) is 7.30. The molecule has 110 valence electrons. The molecule has 1 aliphatic rings. The van der Waals surface area contributed by atoms with Gasteiger partial charge in [0.2, 0.25) is 0 Å². The number of hydrogen-bond acceptors (Lipinski definition) is 2. The Balaban J connectivity index is 1.92. The molecular formula is C15H19Cl2NO2. The second-order valence-corrected chi connectivity index (χ2v) is 6.26. The van der Waals surface area contributed by atoms with Crippen LogP contribution in [0.25, 0.3) is 0 Å². The summed E-state index contributed by atoms with van der Waals surface area (Å²) in [4.78, 5) is 13.0. The van der Waals surface area contributed by atoms with E-state index in [9.17, 15) is 4.79 Å². The van der Waals surface area contributed by atoms with Crippen molar-refractivity contribution in [3.8, 4) is 0 Å². The highest BCUT2D eigenvalue weighted by molar-refractivity contribution is 6.33. The van der Waals surface area contributed by atoms with Crippen molar-refractivity contribution in [1.29, 1.82) is 0 Å². The van der Waals surface area contributed by atoms with Crippen LogP contribution in [0.1, 0.15) is 31.2 Å². The molecule has 0 bridgehead atoms. The highest BCUT2D eigenvalue weighted by atomic mass is 35.5. The predicted octanol–water partition coefficient (Wildman–Crippen LogP) is 4.07. The average molecular weight is 316 g/mol. The second-order valence-electron chi connectivity index (χ2n) is 5.41. The van der Waals surface area contributed by atoms with Crippen LogP contribution in [0.3, 0.4) is 0 Å². The van der Waals surface area contributed by atoms with Gasteiger partial charge >= 0.3 is 5.97 Å². The maximum absolute atomic E-state index is 10.7. The van der Waals surface area contributed by atoms with Crippen molar-refractivity contribution in [3.63, 3.8) is 0 Å². The number of piperidine rings is 1. The fourth-order valence-corrected chi connectivity index (χ4v) is 3.14. The van der Waals surface area contributed by atoms with Gasteiger partial charge in [-0.25, -0.2) is 0 Å². The molecule has 1 aliphatic heterocycles. The number of likely N-dealkylation sites (tertiary alicyclic amines) is 1. The van der Waals surface area contributed by atoms with Crippen molar-refractivity contribution in [2.45, 2.75) is 32.2 Å². The van der Waals surface area contributed by atoms with Crippen molar-refractivity contribution in [3.05, 3.63) is 33.8 Å². The third-order valence-electron chi connectivity index (χ3n) is 3.77. The summed E-state index contributed by atoms with van der Waals surface area (Å²) in [7, 11) is 0. The SMILES string of the molecule is O=C(O)CCC1CCCN(Cc2cc(Cl)ccc2Cl)C1. The van der Waals surface area contributed by atoms with Crippen LogP contribution in [0.2, 0.25) is 10.0 Å². The summed E-state index contributed by atoms with van der Waals surface area (Å²) in [6.07, 6.45) is 3.25. The Morgan fingerprint density at radius 3 is 2.95 bits per heavy atom. The molecule has 1 unspecified atom stereocenters. The monoisotopic (exact) mass is 315 g/mol. The quantitative estimate of drug-likeness (QED) is 0.890. The molecule has 0 saturated carbocycles. The van der Waals surface area contributed by atoms with Gasteiger partial charge in [0.25, 0.3) is 0 Å². The topological polar surface area (TPSA) is 40.5 Å². The Kier molecular flexibility index (Phi) is 5.70. The van der Waals surface area contributed by atoms with E-state index in [-0.39, 0.29) is 6.42 Å². The molecule has 2 rings (SSSR count). The molecule has 1 saturated heterocycles. The van der Waals surface area contributed by atoms with E-state index in [0.29, 0.717) is 10.9 Å². The number of nitrogens with zero attached hydrogens (tertiary/aromatic N) is 1. The maximum Gasteiger partial charge on any atom is 0.303 e. The number of benzene rings is 1. The summed E-state index contributed by atoms with van der Waals surface area (Å²) in [5, 5.41) is 10.2. The smallest absolute Gasteiger partial charge is 0.303 e. The molecular weight excluding hydrogens is 297 g/mol. The van der Waals surface area contributed by atoms with Gasteiger partial charge in [-0.3, -0.25) is 9.69 Å². The summed E-state index contributed by atoms with van der Waals surface area (Å²) in [6, 6.07) is 5.52. The van der Waals surface area contributed by atoms with Crippen molar-refractivity contribution in [2.75, 3.05) is 13.1 Å². The van der Waals surface area contributed by atoms with Crippen LogP contribution < -0.4 is 0 Å². The molecule has 0 amide bonds. The molecule has 0 aliphatic carbocycles. The first-order chi connectivity index (χ1) is 9.54. The molecule has 3 nitrogen and oxygen atoms in total. The van der Waals surface area contributed by atoms with Crippen molar-refractivity contribution in [1.82, 2.24) is 4.90 Å². The normalized spacial score (nSPS) is 20.0. The first-order valence-electron chi connectivity index (χ1n) is 6.92. The van der Waals surface area contributed by atoms with E-state index < -0.39 is 5.97 Å². The Morgan fingerprint density at radius 2 is 2.20 bits per heavy atom. The van der Waals surface area contributed by atoms with E-state index >= 15 is 0 Å². The van der Waals surface area contributed by atoms with Gasteiger partial charge in [0.15, 0.2) is 0 Å². The molecule has 1 heterocycles. The minimum absolute atomic E-state index is 0.260. The van der Waals surface area contributed by atoms with E-state index in [1.165, 1.54) is 0 Å². The van der Waals surface area contributed by atoms with Crippen LogP contribution in [0.5, 0.6) is 0 Å². The standard InChI is InChI=1S/C15H19Cl2NO2/c16-13-4-5-14(17)12(8-13)10-18-7-1-2-11(9-18)3-6-15(19)20/h4-5,8,11H,1-3,6-7,9-10H2,(H,19,20). The Bertz CT molecular complexity index is 479. The van der Waals surface area contributed by atoms with Gasteiger partial charge in [-0.2, -0.15) is 0 Å². The number of carboxylic acid groups (broad SMARTS) is 1. The van der Waals surface area contributed by atoms with Gasteiger partial charge in [0, 0.05) is 29.6 Å². The van der Waals surface area contributed by atoms with Crippen LogP contribution >= 0.6 is 23.2 Å². The zero-order valence-corrected chi connectivity index (χ0v) is 12.8. The van der Waals surface area contributed by atoms with Crippen molar-refractivity contribution >= 4 is 29.2 Å². The van der Waals surface area contributed by atoms with Crippen LogP contribution in [-0.4, -0.2) is 29.1 Å². The van der Waals surface area contributed by atoms with Gasteiger partial charge in [0.1, 0.15) is 0 Å². The number of halogens is 2. The lowest BCUT2D eigenvalue weighted by Crippen LogP contribution is -2.35. The molecule has 1 fully saturated rings. The van der Waals surface area contributed by atoms with Gasteiger partial charge in [-0.1, -0.05) is 23.2 Å². The molecule has 0 spiro atoms. The van der Waals surface area contributed by atoms with Crippen molar-refractivity contribution in [2.24, 2.45) is 5.92 Å². The fourth-order valence-electron chi connectivity index (χ4n) is 2.76. The van der Waals surface area contributed by atoms with E-state index in [2.05, 4.69) is 4.90 Å². The summed E-state index contributed by atoms with van der Waals surface area (Å²) in [5.41, 5.74) is 1.04. The average Bonchev–Trinajstić information content (AvgIpc) is 2.41. The molecule has 0 aromatic heterocycles. The largest absolute Gasteiger partial charge is 0.481 e. The summed E-state index contributed by atoms with van der Waals surface area (Å²) in [6.45, 7) is 2.76. The zero-order chi connectivity index (χ0) is 14.5. The molecule has 5 heteroatoms. The molecule has 20 heavy (non-hydrogen) atoms. The van der Waals surface area contributed by atoms with Gasteiger partial charge in [-0.15, -0.1) is 0 Å².